The molecular weight excluding hydrogens is 240 g/mol. The van der Waals surface area contributed by atoms with Crippen molar-refractivity contribution in [1.82, 2.24) is 9.78 Å². The number of nitrogens with two attached hydrogens (primary N) is 1. The van der Waals surface area contributed by atoms with Crippen molar-refractivity contribution in [1.29, 1.82) is 0 Å². The molecule has 2 fully saturated rings. The molecule has 5 heteroatoms. The standard InChI is InChI=1S/C14H18N4O/c15-14-9-3-4-10(14)11(8-9)16-12-5-6-18(17-12)13-2-1-7-19-13/h1-2,5-7,9-11,14H,3-4,8,15H2,(H,16,17). The van der Waals surface area contributed by atoms with Crippen LogP contribution in [0.2, 0.25) is 0 Å². The zero-order valence-corrected chi connectivity index (χ0v) is 10.7. The number of anilines is 1. The van der Waals surface area contributed by atoms with Gasteiger partial charge in [0.15, 0.2) is 0 Å². The second kappa shape index (κ2) is 4.13. The fourth-order valence-corrected chi connectivity index (χ4v) is 3.67. The van der Waals surface area contributed by atoms with Gasteiger partial charge in [-0.05, 0) is 37.2 Å². The third-order valence-corrected chi connectivity index (χ3v) is 4.64. The van der Waals surface area contributed by atoms with Crippen molar-refractivity contribution in [2.45, 2.75) is 31.3 Å². The number of nitrogens with zero attached hydrogens (tertiary/aromatic N) is 2. The molecule has 2 aliphatic carbocycles. The van der Waals surface area contributed by atoms with E-state index >= 15 is 0 Å². The Balaban J connectivity index is 1.49. The van der Waals surface area contributed by atoms with Gasteiger partial charge < -0.3 is 15.5 Å². The van der Waals surface area contributed by atoms with Crippen molar-refractivity contribution in [3.05, 3.63) is 30.7 Å². The number of hydrogen-bond acceptors (Lipinski definition) is 4. The molecule has 2 bridgehead atoms. The quantitative estimate of drug-likeness (QED) is 0.883. The molecule has 100 valence electrons. The van der Waals surface area contributed by atoms with Crippen LogP contribution in [0.25, 0.3) is 5.88 Å². The largest absolute Gasteiger partial charge is 0.447 e. The molecule has 2 heterocycles. The molecule has 3 N–H and O–H groups in total. The molecule has 2 aromatic rings. The minimum absolute atomic E-state index is 0.379. The van der Waals surface area contributed by atoms with Crippen molar-refractivity contribution < 1.29 is 4.42 Å². The first-order valence-corrected chi connectivity index (χ1v) is 6.93. The van der Waals surface area contributed by atoms with Gasteiger partial charge in [-0.3, -0.25) is 0 Å². The van der Waals surface area contributed by atoms with Gasteiger partial charge in [0, 0.05) is 30.4 Å². The predicted molar refractivity (Wildman–Crippen MR) is 72.0 cm³/mol. The van der Waals surface area contributed by atoms with Crippen molar-refractivity contribution in [3.8, 4) is 5.88 Å². The van der Waals surface area contributed by atoms with E-state index in [4.69, 9.17) is 10.2 Å². The molecule has 4 atom stereocenters. The Labute approximate surface area is 111 Å². The summed E-state index contributed by atoms with van der Waals surface area (Å²) >= 11 is 0. The third kappa shape index (κ3) is 1.76. The smallest absolute Gasteiger partial charge is 0.219 e. The van der Waals surface area contributed by atoms with Crippen LogP contribution < -0.4 is 11.1 Å². The van der Waals surface area contributed by atoms with Crippen LogP contribution in [-0.2, 0) is 0 Å². The summed E-state index contributed by atoms with van der Waals surface area (Å²) in [6.07, 6.45) is 7.29. The lowest BCUT2D eigenvalue weighted by Gasteiger charge is -2.22. The summed E-state index contributed by atoms with van der Waals surface area (Å²) in [5.74, 6) is 2.95. The Kier molecular flexibility index (Phi) is 2.41. The third-order valence-electron chi connectivity index (χ3n) is 4.64. The highest BCUT2D eigenvalue weighted by Crippen LogP contribution is 2.44. The zero-order chi connectivity index (χ0) is 12.8. The second-order valence-corrected chi connectivity index (χ2v) is 5.66. The summed E-state index contributed by atoms with van der Waals surface area (Å²) in [7, 11) is 0. The summed E-state index contributed by atoms with van der Waals surface area (Å²) in [5.41, 5.74) is 6.23. The maximum Gasteiger partial charge on any atom is 0.219 e. The van der Waals surface area contributed by atoms with Gasteiger partial charge in [-0.2, -0.15) is 0 Å². The molecule has 2 saturated carbocycles. The average molecular weight is 258 g/mol. The van der Waals surface area contributed by atoms with Crippen LogP contribution in [0.3, 0.4) is 0 Å². The minimum Gasteiger partial charge on any atom is -0.447 e. The monoisotopic (exact) mass is 258 g/mol. The van der Waals surface area contributed by atoms with E-state index in [0.717, 1.165) is 11.7 Å². The Morgan fingerprint density at radius 1 is 1.37 bits per heavy atom. The molecule has 2 aromatic heterocycles. The predicted octanol–water partition coefficient (Wildman–Crippen LogP) is 2.00. The Hall–Kier alpha value is -1.75. The molecular formula is C14H18N4O. The summed E-state index contributed by atoms with van der Waals surface area (Å²) in [6.45, 7) is 0. The van der Waals surface area contributed by atoms with Gasteiger partial charge in [-0.15, -0.1) is 5.10 Å². The summed E-state index contributed by atoms with van der Waals surface area (Å²) < 4.78 is 7.07. The van der Waals surface area contributed by atoms with E-state index in [1.165, 1.54) is 19.3 Å². The topological polar surface area (TPSA) is 69.0 Å². The van der Waals surface area contributed by atoms with Crippen LogP contribution in [-0.4, -0.2) is 21.9 Å². The van der Waals surface area contributed by atoms with Crippen molar-refractivity contribution in [2.24, 2.45) is 17.6 Å². The molecule has 5 nitrogen and oxygen atoms in total. The van der Waals surface area contributed by atoms with E-state index in [-0.39, 0.29) is 0 Å². The van der Waals surface area contributed by atoms with Crippen LogP contribution in [0.1, 0.15) is 19.3 Å². The molecule has 0 amide bonds. The van der Waals surface area contributed by atoms with E-state index in [9.17, 15) is 0 Å². The molecule has 4 unspecified atom stereocenters. The van der Waals surface area contributed by atoms with Crippen LogP contribution in [0.5, 0.6) is 0 Å². The number of furan rings is 1. The highest BCUT2D eigenvalue weighted by molar-refractivity contribution is 5.37. The maximum atomic E-state index is 6.23. The Morgan fingerprint density at radius 3 is 3.00 bits per heavy atom. The van der Waals surface area contributed by atoms with Crippen LogP contribution in [0, 0.1) is 11.8 Å². The van der Waals surface area contributed by atoms with Crippen LogP contribution in [0.15, 0.2) is 35.1 Å². The molecule has 0 aromatic carbocycles. The van der Waals surface area contributed by atoms with Crippen molar-refractivity contribution in [3.63, 3.8) is 0 Å². The lowest BCUT2D eigenvalue weighted by atomic mass is 9.95. The number of fused-ring (bicyclic) bond motifs is 2. The first-order chi connectivity index (χ1) is 9.31. The zero-order valence-electron chi connectivity index (χ0n) is 10.7. The maximum absolute atomic E-state index is 6.23. The summed E-state index contributed by atoms with van der Waals surface area (Å²) in [6, 6.07) is 6.60. The molecule has 0 radical (unpaired) electrons. The van der Waals surface area contributed by atoms with Crippen LogP contribution in [0.4, 0.5) is 5.82 Å². The second-order valence-electron chi connectivity index (χ2n) is 5.66. The molecule has 0 aliphatic heterocycles. The first kappa shape index (κ1) is 11.1. The molecule has 0 spiro atoms. The Morgan fingerprint density at radius 2 is 2.32 bits per heavy atom. The number of nitrogens with one attached hydrogen (secondary N) is 1. The first-order valence-electron chi connectivity index (χ1n) is 6.93. The highest BCUT2D eigenvalue weighted by atomic mass is 16.3. The molecule has 19 heavy (non-hydrogen) atoms. The van der Waals surface area contributed by atoms with E-state index in [1.54, 1.807) is 10.9 Å². The average Bonchev–Trinajstić information content (AvgIpc) is 3.15. The molecule has 4 rings (SSSR count). The number of rotatable bonds is 3. The number of hydrogen-bond donors (Lipinski definition) is 2. The SMILES string of the molecule is NC1C2CCC1C(Nc1ccn(-c3ccco3)n1)C2. The molecule has 2 aliphatic rings. The lowest BCUT2D eigenvalue weighted by molar-refractivity contribution is 0.437. The van der Waals surface area contributed by atoms with E-state index in [0.29, 0.717) is 23.9 Å². The van der Waals surface area contributed by atoms with E-state index in [2.05, 4.69) is 10.4 Å². The number of aromatic nitrogens is 2. The minimum atomic E-state index is 0.379. The van der Waals surface area contributed by atoms with Crippen molar-refractivity contribution in [2.75, 3.05) is 5.32 Å². The van der Waals surface area contributed by atoms with Gasteiger partial charge in [0.05, 0.1) is 6.26 Å². The molecule has 0 saturated heterocycles. The lowest BCUT2D eigenvalue weighted by Crippen LogP contribution is -2.32. The fourth-order valence-electron chi connectivity index (χ4n) is 3.67. The van der Waals surface area contributed by atoms with E-state index < -0.39 is 0 Å². The van der Waals surface area contributed by atoms with Crippen molar-refractivity contribution >= 4 is 5.82 Å². The van der Waals surface area contributed by atoms with E-state index in [1.807, 2.05) is 24.4 Å². The van der Waals surface area contributed by atoms with Gasteiger partial charge in [0.1, 0.15) is 5.82 Å². The van der Waals surface area contributed by atoms with Gasteiger partial charge in [0.2, 0.25) is 5.88 Å². The summed E-state index contributed by atoms with van der Waals surface area (Å²) in [4.78, 5) is 0. The van der Waals surface area contributed by atoms with Gasteiger partial charge in [-0.25, -0.2) is 4.68 Å². The van der Waals surface area contributed by atoms with Crippen LogP contribution >= 0.6 is 0 Å². The Bertz CT molecular complexity index is 562. The summed E-state index contributed by atoms with van der Waals surface area (Å²) in [5, 5.41) is 8.03. The normalized spacial score (nSPS) is 32.9. The van der Waals surface area contributed by atoms with Gasteiger partial charge in [0.25, 0.3) is 0 Å². The van der Waals surface area contributed by atoms with Gasteiger partial charge >= 0.3 is 0 Å². The highest BCUT2D eigenvalue weighted by Gasteiger charge is 2.46. The van der Waals surface area contributed by atoms with Gasteiger partial charge in [-0.1, -0.05) is 0 Å². The fraction of sp³-hybridized carbons (Fsp3) is 0.500.